The molecule has 4 rings (SSSR count). The molecule has 1 N–H and O–H groups in total. The van der Waals surface area contributed by atoms with Gasteiger partial charge in [0.15, 0.2) is 0 Å². The van der Waals surface area contributed by atoms with Crippen molar-refractivity contribution in [3.63, 3.8) is 0 Å². The summed E-state index contributed by atoms with van der Waals surface area (Å²) in [6.07, 6.45) is -3.04. The van der Waals surface area contributed by atoms with E-state index in [9.17, 15) is 22.8 Å². The summed E-state index contributed by atoms with van der Waals surface area (Å²) in [4.78, 5) is 29.8. The molecule has 0 aliphatic rings. The van der Waals surface area contributed by atoms with E-state index in [0.717, 1.165) is 18.2 Å². The van der Waals surface area contributed by atoms with Crippen LogP contribution in [-0.2, 0) is 13.2 Å². The summed E-state index contributed by atoms with van der Waals surface area (Å²) in [6.45, 7) is 4.00. The first-order valence-electron chi connectivity index (χ1n) is 10.9. The Hall–Kier alpha value is -3.85. The number of hydrogen-bond donors (Lipinski definition) is 1. The van der Waals surface area contributed by atoms with Gasteiger partial charge in [-0.3, -0.25) is 9.59 Å². The predicted octanol–water partition coefficient (Wildman–Crippen LogP) is 6.56. The molecule has 0 spiro atoms. The van der Waals surface area contributed by atoms with Crippen molar-refractivity contribution in [3.05, 3.63) is 87.4 Å². The molecule has 36 heavy (non-hydrogen) atoms. The minimum atomic E-state index is -4.57. The average Bonchev–Trinajstić information content (AvgIpc) is 2.87. The van der Waals surface area contributed by atoms with Gasteiger partial charge in [0.05, 0.1) is 18.2 Å². The fourth-order valence-corrected chi connectivity index (χ4v) is 3.68. The number of nitrogens with one attached hydrogen (secondary N) is 1. The van der Waals surface area contributed by atoms with Crippen molar-refractivity contribution >= 4 is 34.1 Å². The maximum absolute atomic E-state index is 13.0. The van der Waals surface area contributed by atoms with E-state index in [1.807, 2.05) is 13.8 Å². The Balaban J connectivity index is 0.00000176. The Labute approximate surface area is 210 Å². The Morgan fingerprint density at radius 1 is 1.08 bits per heavy atom. The molecule has 0 saturated carbocycles. The number of nitrogens with zero attached hydrogens (tertiary/aromatic N) is 2. The quantitative estimate of drug-likeness (QED) is 0.311. The zero-order chi connectivity index (χ0) is 26.6. The molecule has 0 aliphatic carbocycles. The molecule has 1 amide bonds. The van der Waals surface area contributed by atoms with E-state index in [-0.39, 0.29) is 22.0 Å². The number of carbonyl (C=O) groups is 1. The van der Waals surface area contributed by atoms with Crippen LogP contribution in [0.1, 0.15) is 29.8 Å². The third-order valence-corrected chi connectivity index (χ3v) is 5.44. The number of carbonyl (C=O) groups excluding carboxylic acids is 1. The van der Waals surface area contributed by atoms with Gasteiger partial charge in [-0.2, -0.15) is 13.2 Å². The smallest absolute Gasteiger partial charge is 0.416 e. The topological polar surface area (TPSA) is 73.2 Å². The zero-order valence-electron chi connectivity index (χ0n) is 19.9. The van der Waals surface area contributed by atoms with Crippen molar-refractivity contribution in [1.29, 1.82) is 0 Å². The number of anilines is 1. The van der Waals surface area contributed by atoms with Crippen molar-refractivity contribution in [2.45, 2.75) is 20.0 Å². The lowest BCUT2D eigenvalue weighted by Gasteiger charge is -2.13. The summed E-state index contributed by atoms with van der Waals surface area (Å²) in [5.41, 5.74) is 0.174. The van der Waals surface area contributed by atoms with Gasteiger partial charge in [-0.15, -0.1) is 0 Å². The van der Waals surface area contributed by atoms with Crippen LogP contribution >= 0.6 is 11.6 Å². The highest BCUT2D eigenvalue weighted by Gasteiger charge is 2.31. The molecule has 2 heterocycles. The number of methoxy groups -OCH3 is 1. The molecule has 0 saturated heterocycles. The van der Waals surface area contributed by atoms with Gasteiger partial charge < -0.3 is 14.6 Å². The van der Waals surface area contributed by atoms with E-state index in [1.165, 1.54) is 30.0 Å². The third kappa shape index (κ3) is 5.68. The van der Waals surface area contributed by atoms with Gasteiger partial charge in [0, 0.05) is 41.5 Å². The van der Waals surface area contributed by atoms with Gasteiger partial charge in [-0.25, -0.2) is 4.98 Å². The normalized spacial score (nSPS) is 11.0. The molecule has 0 radical (unpaired) electrons. The summed E-state index contributed by atoms with van der Waals surface area (Å²) in [7, 11) is 3.02. The van der Waals surface area contributed by atoms with Crippen LogP contribution in [0.4, 0.5) is 18.9 Å². The number of alkyl halides is 3. The molecule has 188 valence electrons. The monoisotopic (exact) mass is 517 g/mol. The van der Waals surface area contributed by atoms with Gasteiger partial charge in [0.2, 0.25) is 0 Å². The number of benzene rings is 2. The number of ether oxygens (including phenoxy) is 1. The molecule has 0 fully saturated rings. The molecular weight excluding hydrogens is 495 g/mol. The molecule has 10 heteroatoms. The van der Waals surface area contributed by atoms with Crippen LogP contribution in [0.25, 0.3) is 22.0 Å². The molecule has 0 aliphatic heterocycles. The maximum atomic E-state index is 13.0. The summed E-state index contributed by atoms with van der Waals surface area (Å²) < 4.78 is 45.8. The van der Waals surface area contributed by atoms with Crippen LogP contribution in [-0.4, -0.2) is 22.6 Å². The number of amides is 1. The Morgan fingerprint density at radius 2 is 1.81 bits per heavy atom. The molecule has 4 aromatic rings. The minimum absolute atomic E-state index is 0.163. The highest BCUT2D eigenvalue weighted by molar-refractivity contribution is 6.30. The van der Waals surface area contributed by atoms with Crippen LogP contribution < -0.4 is 15.6 Å². The lowest BCUT2D eigenvalue weighted by atomic mass is 10.0. The van der Waals surface area contributed by atoms with Gasteiger partial charge in [0.1, 0.15) is 10.9 Å². The SMILES string of the molecule is CC.COc1cc(NC(=O)c2cccc(C(F)(F)F)c2)cc(-c2cc3cnc(Cl)cc3n(C)c2=O)c1. The highest BCUT2D eigenvalue weighted by atomic mass is 35.5. The van der Waals surface area contributed by atoms with Crippen molar-refractivity contribution in [3.8, 4) is 16.9 Å². The molecule has 0 bridgehead atoms. The van der Waals surface area contributed by atoms with Crippen LogP contribution in [0.15, 0.2) is 65.6 Å². The highest BCUT2D eigenvalue weighted by Crippen LogP contribution is 2.31. The van der Waals surface area contributed by atoms with Crippen molar-refractivity contribution in [2.24, 2.45) is 7.05 Å². The van der Waals surface area contributed by atoms with Gasteiger partial charge in [-0.05, 0) is 48.0 Å². The second kappa shape index (κ2) is 10.8. The van der Waals surface area contributed by atoms with E-state index >= 15 is 0 Å². The second-order valence-electron chi connectivity index (χ2n) is 7.47. The first kappa shape index (κ1) is 26.7. The number of pyridine rings is 2. The first-order valence-corrected chi connectivity index (χ1v) is 11.3. The van der Waals surface area contributed by atoms with Crippen LogP contribution in [0.3, 0.4) is 0 Å². The number of fused-ring (bicyclic) bond motifs is 1. The summed E-state index contributed by atoms with van der Waals surface area (Å²) in [5, 5.41) is 3.49. The number of halogens is 4. The van der Waals surface area contributed by atoms with Crippen molar-refractivity contribution < 1.29 is 22.7 Å². The lowest BCUT2D eigenvalue weighted by Crippen LogP contribution is -2.19. The van der Waals surface area contributed by atoms with Crippen LogP contribution in [0.5, 0.6) is 5.75 Å². The zero-order valence-corrected chi connectivity index (χ0v) is 20.7. The van der Waals surface area contributed by atoms with Gasteiger partial charge in [0.25, 0.3) is 11.5 Å². The van der Waals surface area contributed by atoms with E-state index in [2.05, 4.69) is 10.3 Å². The Kier molecular flexibility index (Phi) is 8.04. The van der Waals surface area contributed by atoms with E-state index in [4.69, 9.17) is 16.3 Å². The van der Waals surface area contributed by atoms with E-state index in [1.54, 1.807) is 31.3 Å². The van der Waals surface area contributed by atoms with Crippen molar-refractivity contribution in [1.82, 2.24) is 9.55 Å². The van der Waals surface area contributed by atoms with Crippen molar-refractivity contribution in [2.75, 3.05) is 12.4 Å². The molecule has 0 atom stereocenters. The fourth-order valence-electron chi connectivity index (χ4n) is 3.53. The Morgan fingerprint density at radius 3 is 2.47 bits per heavy atom. The minimum Gasteiger partial charge on any atom is -0.497 e. The summed E-state index contributed by atoms with van der Waals surface area (Å²) in [5.74, 6) is -0.399. The summed E-state index contributed by atoms with van der Waals surface area (Å²) >= 11 is 5.95. The molecule has 2 aromatic carbocycles. The first-order chi connectivity index (χ1) is 17.1. The largest absolute Gasteiger partial charge is 0.497 e. The van der Waals surface area contributed by atoms with Gasteiger partial charge in [-0.1, -0.05) is 31.5 Å². The predicted molar refractivity (Wildman–Crippen MR) is 135 cm³/mol. The van der Waals surface area contributed by atoms with Crippen LogP contribution in [0, 0.1) is 0 Å². The number of aromatic nitrogens is 2. The average molecular weight is 518 g/mol. The van der Waals surface area contributed by atoms with Gasteiger partial charge >= 0.3 is 6.18 Å². The molecule has 2 aromatic heterocycles. The number of rotatable bonds is 4. The molecular formula is C26H23ClF3N3O3. The number of hydrogen-bond acceptors (Lipinski definition) is 4. The molecule has 0 unspecified atom stereocenters. The Bertz CT molecular complexity index is 1480. The molecule has 6 nitrogen and oxygen atoms in total. The second-order valence-corrected chi connectivity index (χ2v) is 7.86. The lowest BCUT2D eigenvalue weighted by molar-refractivity contribution is -0.137. The number of aryl methyl sites for hydroxylation is 1. The fraction of sp³-hybridized carbons (Fsp3) is 0.192. The van der Waals surface area contributed by atoms with E-state index in [0.29, 0.717) is 27.8 Å². The third-order valence-electron chi connectivity index (χ3n) is 5.24. The van der Waals surface area contributed by atoms with E-state index < -0.39 is 17.6 Å². The standard InChI is InChI=1S/C24H17ClF3N3O3.C2H6/c1-31-20-11-21(25)29-12-15(20)9-19(23(31)33)14-7-17(10-18(8-14)34-2)30-22(32)13-4-3-5-16(6-13)24(26,27)28;1-2/h3-12H,1-2H3,(H,30,32);1-2H3. The maximum Gasteiger partial charge on any atom is 0.416 e. The van der Waals surface area contributed by atoms with Crippen LogP contribution in [0.2, 0.25) is 5.15 Å². The summed E-state index contributed by atoms with van der Waals surface area (Å²) in [6, 6.07) is 12.0.